The number of carbonyl (C=O) groups excluding carboxylic acids is 1. The Morgan fingerprint density at radius 3 is 2.80 bits per heavy atom. The Labute approximate surface area is 118 Å². The average Bonchev–Trinajstić information content (AvgIpc) is 2.44. The molecular formula is C14H22N4O2. The molecule has 20 heavy (non-hydrogen) atoms. The van der Waals surface area contributed by atoms with E-state index in [0.717, 1.165) is 32.6 Å². The first-order valence-electron chi connectivity index (χ1n) is 7.12. The third kappa shape index (κ3) is 4.18. The number of aromatic nitrogens is 1. The molecule has 0 unspecified atom stereocenters. The fourth-order valence-electron chi connectivity index (χ4n) is 2.29. The van der Waals surface area contributed by atoms with Crippen molar-refractivity contribution in [2.45, 2.75) is 19.9 Å². The number of anilines is 1. The first kappa shape index (κ1) is 14.7. The molecule has 1 aromatic rings. The molecule has 0 aromatic carbocycles. The molecule has 0 radical (unpaired) electrons. The van der Waals surface area contributed by atoms with Crippen LogP contribution in [-0.4, -0.2) is 48.1 Å². The molecule has 1 aliphatic rings. The summed E-state index contributed by atoms with van der Waals surface area (Å²) >= 11 is 0. The van der Waals surface area contributed by atoms with Crippen LogP contribution in [0.25, 0.3) is 0 Å². The Kier molecular flexibility index (Phi) is 5.31. The number of piperazine rings is 1. The van der Waals surface area contributed by atoms with E-state index in [4.69, 9.17) is 0 Å². The van der Waals surface area contributed by atoms with Crippen molar-refractivity contribution < 1.29 is 4.79 Å². The highest BCUT2D eigenvalue weighted by molar-refractivity contribution is 5.92. The second-order valence-electron chi connectivity index (χ2n) is 5.02. The third-order valence-electron chi connectivity index (χ3n) is 3.31. The summed E-state index contributed by atoms with van der Waals surface area (Å²) in [6, 6.07) is 3.15. The molecule has 2 N–H and O–H groups in total. The highest BCUT2D eigenvalue weighted by atomic mass is 16.2. The van der Waals surface area contributed by atoms with Crippen molar-refractivity contribution >= 4 is 11.6 Å². The quantitative estimate of drug-likeness (QED) is 0.802. The van der Waals surface area contributed by atoms with E-state index in [9.17, 15) is 9.59 Å². The van der Waals surface area contributed by atoms with Gasteiger partial charge in [-0.05, 0) is 12.5 Å². The number of hydrogen-bond donors (Lipinski definition) is 2. The zero-order valence-corrected chi connectivity index (χ0v) is 11.9. The summed E-state index contributed by atoms with van der Waals surface area (Å²) in [7, 11) is 0. The van der Waals surface area contributed by atoms with Gasteiger partial charge in [0.05, 0.1) is 12.2 Å². The largest absolute Gasteiger partial charge is 0.324 e. The number of pyridine rings is 1. The van der Waals surface area contributed by atoms with Crippen LogP contribution in [0.5, 0.6) is 0 Å². The lowest BCUT2D eigenvalue weighted by atomic mass is 10.3. The van der Waals surface area contributed by atoms with Gasteiger partial charge < -0.3 is 15.2 Å². The maximum absolute atomic E-state index is 12.0. The number of amides is 1. The Morgan fingerprint density at radius 2 is 2.10 bits per heavy atom. The molecule has 0 saturated carbocycles. The molecule has 6 heteroatoms. The molecule has 1 aliphatic heterocycles. The van der Waals surface area contributed by atoms with E-state index in [0.29, 0.717) is 18.8 Å². The molecule has 0 aliphatic carbocycles. The Bertz CT molecular complexity index is 506. The Morgan fingerprint density at radius 1 is 1.35 bits per heavy atom. The van der Waals surface area contributed by atoms with Crippen LogP contribution in [-0.2, 0) is 11.3 Å². The van der Waals surface area contributed by atoms with Gasteiger partial charge in [0, 0.05) is 45.0 Å². The zero-order valence-electron chi connectivity index (χ0n) is 11.9. The Hall–Kier alpha value is -1.66. The zero-order chi connectivity index (χ0) is 14.4. The van der Waals surface area contributed by atoms with E-state index in [2.05, 4.69) is 15.5 Å². The van der Waals surface area contributed by atoms with Crippen LogP contribution in [0, 0.1) is 0 Å². The Balaban J connectivity index is 1.93. The van der Waals surface area contributed by atoms with Crippen LogP contribution < -0.4 is 16.2 Å². The van der Waals surface area contributed by atoms with Gasteiger partial charge >= 0.3 is 0 Å². The lowest BCUT2D eigenvalue weighted by Gasteiger charge is -2.26. The predicted octanol–water partition coefficient (Wildman–Crippen LogP) is 0.102. The van der Waals surface area contributed by atoms with Crippen LogP contribution in [0.4, 0.5) is 5.69 Å². The van der Waals surface area contributed by atoms with Gasteiger partial charge in [0.1, 0.15) is 0 Å². The normalized spacial score (nSPS) is 16.1. The second kappa shape index (κ2) is 7.21. The molecule has 1 aromatic heterocycles. The van der Waals surface area contributed by atoms with Crippen LogP contribution in [0.2, 0.25) is 0 Å². The summed E-state index contributed by atoms with van der Waals surface area (Å²) in [5.41, 5.74) is 0.644. The fraction of sp³-hybridized carbons (Fsp3) is 0.571. The monoisotopic (exact) mass is 278 g/mol. The number of nitrogens with zero attached hydrogens (tertiary/aromatic N) is 2. The molecule has 0 spiro atoms. The minimum atomic E-state index is -0.0352. The van der Waals surface area contributed by atoms with Crippen molar-refractivity contribution in [2.75, 3.05) is 38.0 Å². The summed E-state index contributed by atoms with van der Waals surface area (Å²) in [5, 5.41) is 6.11. The van der Waals surface area contributed by atoms with Crippen LogP contribution >= 0.6 is 0 Å². The van der Waals surface area contributed by atoms with Gasteiger partial charge in [-0.1, -0.05) is 6.92 Å². The van der Waals surface area contributed by atoms with Gasteiger partial charge in [-0.25, -0.2) is 0 Å². The fourth-order valence-corrected chi connectivity index (χ4v) is 2.29. The van der Waals surface area contributed by atoms with Gasteiger partial charge in [-0.15, -0.1) is 0 Å². The van der Waals surface area contributed by atoms with Gasteiger partial charge in [0.15, 0.2) is 0 Å². The van der Waals surface area contributed by atoms with Crippen molar-refractivity contribution in [2.24, 2.45) is 0 Å². The van der Waals surface area contributed by atoms with E-state index in [1.807, 2.05) is 6.92 Å². The summed E-state index contributed by atoms with van der Waals surface area (Å²) in [6.07, 6.45) is 2.60. The highest BCUT2D eigenvalue weighted by Crippen LogP contribution is 2.04. The molecule has 1 saturated heterocycles. The van der Waals surface area contributed by atoms with E-state index in [1.165, 1.54) is 6.07 Å². The molecule has 110 valence electrons. The topological polar surface area (TPSA) is 66.4 Å². The third-order valence-corrected chi connectivity index (χ3v) is 3.31. The van der Waals surface area contributed by atoms with Crippen LogP contribution in [0.15, 0.2) is 23.1 Å². The molecule has 2 heterocycles. The number of rotatable bonds is 5. The molecule has 2 rings (SSSR count). The average molecular weight is 278 g/mol. The highest BCUT2D eigenvalue weighted by Gasteiger charge is 2.13. The van der Waals surface area contributed by atoms with Crippen molar-refractivity contribution in [3.05, 3.63) is 28.7 Å². The minimum Gasteiger partial charge on any atom is -0.324 e. The summed E-state index contributed by atoms with van der Waals surface area (Å²) in [6.45, 7) is 6.71. The second-order valence-corrected chi connectivity index (χ2v) is 5.02. The predicted molar refractivity (Wildman–Crippen MR) is 78.9 cm³/mol. The minimum absolute atomic E-state index is 0.0337. The molecule has 6 nitrogen and oxygen atoms in total. The summed E-state index contributed by atoms with van der Waals surface area (Å²) in [4.78, 5) is 25.7. The van der Waals surface area contributed by atoms with Gasteiger partial charge in [-0.3, -0.25) is 14.5 Å². The number of aryl methyl sites for hydroxylation is 1. The van der Waals surface area contributed by atoms with E-state index in [-0.39, 0.29) is 11.5 Å². The first-order chi connectivity index (χ1) is 9.69. The van der Waals surface area contributed by atoms with E-state index < -0.39 is 0 Å². The van der Waals surface area contributed by atoms with Crippen molar-refractivity contribution in [1.29, 1.82) is 0 Å². The maximum atomic E-state index is 12.0. The number of carbonyl (C=O) groups is 1. The lowest BCUT2D eigenvalue weighted by Crippen LogP contribution is -2.46. The lowest BCUT2D eigenvalue weighted by molar-refractivity contribution is -0.117. The first-order valence-corrected chi connectivity index (χ1v) is 7.12. The molecule has 1 fully saturated rings. The summed E-state index contributed by atoms with van der Waals surface area (Å²) < 4.78 is 1.63. The maximum Gasteiger partial charge on any atom is 0.250 e. The van der Waals surface area contributed by atoms with Crippen molar-refractivity contribution in [3.63, 3.8) is 0 Å². The van der Waals surface area contributed by atoms with Gasteiger partial charge in [-0.2, -0.15) is 0 Å². The smallest absolute Gasteiger partial charge is 0.250 e. The molecule has 0 bridgehead atoms. The van der Waals surface area contributed by atoms with E-state index in [1.54, 1.807) is 16.8 Å². The number of nitrogens with one attached hydrogen (secondary N) is 2. The standard InChI is InChI=1S/C14H22N4O2/c1-2-7-18-10-12(3-4-14(18)20)16-13(19)11-17-8-5-15-6-9-17/h3-4,10,15H,2,5-9,11H2,1H3,(H,16,19). The van der Waals surface area contributed by atoms with Crippen molar-refractivity contribution in [1.82, 2.24) is 14.8 Å². The van der Waals surface area contributed by atoms with Gasteiger partial charge in [0.25, 0.3) is 5.56 Å². The molecule has 0 atom stereocenters. The van der Waals surface area contributed by atoms with E-state index >= 15 is 0 Å². The number of hydrogen-bond acceptors (Lipinski definition) is 4. The van der Waals surface area contributed by atoms with Gasteiger partial charge in [0.2, 0.25) is 5.91 Å². The SMILES string of the molecule is CCCn1cc(NC(=O)CN2CCNCC2)ccc1=O. The molecular weight excluding hydrogens is 256 g/mol. The van der Waals surface area contributed by atoms with Crippen LogP contribution in [0.3, 0.4) is 0 Å². The van der Waals surface area contributed by atoms with Crippen molar-refractivity contribution in [3.8, 4) is 0 Å². The molecule has 1 amide bonds. The summed E-state index contributed by atoms with van der Waals surface area (Å²) in [5.74, 6) is -0.0337. The van der Waals surface area contributed by atoms with Crippen LogP contribution in [0.1, 0.15) is 13.3 Å².